The van der Waals surface area contributed by atoms with Crippen LogP contribution in [0.15, 0.2) is 41.2 Å². The average Bonchev–Trinajstić information content (AvgIpc) is 3.21. The van der Waals surface area contributed by atoms with Gasteiger partial charge in [0.1, 0.15) is 23.3 Å². The van der Waals surface area contributed by atoms with Crippen molar-refractivity contribution in [1.29, 1.82) is 0 Å². The molecule has 2 aromatic carbocycles. The fraction of sp³-hybridized carbons (Fsp3) is 0.433. The topological polar surface area (TPSA) is 94.4 Å². The van der Waals surface area contributed by atoms with Gasteiger partial charge < -0.3 is 4.74 Å². The second-order valence-corrected chi connectivity index (χ2v) is 10.7. The number of hydrazine groups is 1. The Morgan fingerprint density at radius 2 is 1.50 bits per heavy atom. The highest BCUT2D eigenvalue weighted by molar-refractivity contribution is 6.30. The summed E-state index contributed by atoms with van der Waals surface area (Å²) in [5.41, 5.74) is 7.56. The van der Waals surface area contributed by atoms with E-state index in [0.717, 1.165) is 44.2 Å². The molecule has 0 bridgehead atoms. The number of carbonyl (C=O) groups is 2. The molecule has 228 valence electrons. The molecular weight excluding hydrogens is 589 g/mol. The number of esters is 1. The number of nitrogens with zero attached hydrogens (tertiary/aromatic N) is 2. The summed E-state index contributed by atoms with van der Waals surface area (Å²) in [7, 11) is 0. The second-order valence-electron chi connectivity index (χ2n) is 9.87. The molecular formula is C30H36Cl2F2N4O4. The first kappa shape index (κ1) is 33.5. The number of aromatic nitrogens is 2. The molecule has 5 rings (SSSR count). The molecule has 12 heteroatoms. The van der Waals surface area contributed by atoms with E-state index in [4.69, 9.17) is 27.9 Å². The SMILES string of the molecule is C1CCNNC1.CCOC(=O)C(C(C)=O)c1ccc(Cl)cc1F.Cc1c(-c2ccc(Cl)cc2F)c(=O)n2n1CCCC2. The van der Waals surface area contributed by atoms with Crippen LogP contribution in [0.1, 0.15) is 56.7 Å². The summed E-state index contributed by atoms with van der Waals surface area (Å²) in [5, 5.41) is 0.542. The van der Waals surface area contributed by atoms with Gasteiger partial charge in [0.05, 0.1) is 12.2 Å². The Labute approximate surface area is 253 Å². The second kappa shape index (κ2) is 16.0. The summed E-state index contributed by atoms with van der Waals surface area (Å²) in [6.07, 6.45) is 4.70. The summed E-state index contributed by atoms with van der Waals surface area (Å²) in [5.74, 6) is -3.58. The molecule has 0 spiro atoms. The molecule has 0 aliphatic carbocycles. The van der Waals surface area contributed by atoms with Crippen molar-refractivity contribution in [2.24, 2.45) is 0 Å². The van der Waals surface area contributed by atoms with Crippen molar-refractivity contribution in [2.75, 3.05) is 19.7 Å². The molecule has 2 aliphatic heterocycles. The maximum atomic E-state index is 14.0. The number of ether oxygens (including phenoxy) is 1. The maximum Gasteiger partial charge on any atom is 0.321 e. The van der Waals surface area contributed by atoms with Gasteiger partial charge in [-0.2, -0.15) is 0 Å². The molecule has 2 aliphatic rings. The molecule has 1 atom stereocenters. The zero-order valence-electron chi connectivity index (χ0n) is 23.9. The lowest BCUT2D eigenvalue weighted by atomic mass is 9.95. The molecule has 2 N–H and O–H groups in total. The number of rotatable bonds is 5. The fourth-order valence-electron chi connectivity index (χ4n) is 4.82. The van der Waals surface area contributed by atoms with Crippen LogP contribution >= 0.6 is 23.2 Å². The lowest BCUT2D eigenvalue weighted by molar-refractivity contribution is -0.147. The van der Waals surface area contributed by atoms with Crippen LogP contribution in [0.5, 0.6) is 0 Å². The summed E-state index contributed by atoms with van der Waals surface area (Å²) in [6.45, 7) is 8.64. The van der Waals surface area contributed by atoms with Crippen LogP contribution in [-0.4, -0.2) is 40.8 Å². The summed E-state index contributed by atoms with van der Waals surface area (Å²) in [6, 6.07) is 8.24. The van der Waals surface area contributed by atoms with E-state index >= 15 is 0 Å². The maximum absolute atomic E-state index is 14.0. The van der Waals surface area contributed by atoms with Gasteiger partial charge in [0.2, 0.25) is 0 Å². The lowest BCUT2D eigenvalue weighted by Gasteiger charge is -2.18. The van der Waals surface area contributed by atoms with Crippen LogP contribution in [0.2, 0.25) is 10.0 Å². The number of Topliss-reactive ketones (excluding diaryl/α,β-unsaturated/α-hetero) is 1. The van der Waals surface area contributed by atoms with Gasteiger partial charge in [-0.1, -0.05) is 29.3 Å². The monoisotopic (exact) mass is 624 g/mol. The first-order valence-corrected chi connectivity index (χ1v) is 14.7. The number of halogens is 4. The van der Waals surface area contributed by atoms with E-state index in [1.165, 1.54) is 38.0 Å². The van der Waals surface area contributed by atoms with Gasteiger partial charge in [0, 0.05) is 53.0 Å². The number of carbonyl (C=O) groups excluding carboxylic acids is 2. The van der Waals surface area contributed by atoms with Gasteiger partial charge in [-0.05, 0) is 76.8 Å². The molecule has 0 radical (unpaired) electrons. The molecule has 3 heterocycles. The van der Waals surface area contributed by atoms with Crippen LogP contribution in [0.4, 0.5) is 8.78 Å². The van der Waals surface area contributed by atoms with Crippen molar-refractivity contribution < 1.29 is 23.1 Å². The van der Waals surface area contributed by atoms with Crippen molar-refractivity contribution in [3.63, 3.8) is 0 Å². The Hall–Kier alpha value is -3.05. The van der Waals surface area contributed by atoms with E-state index in [9.17, 15) is 23.2 Å². The number of ketones is 1. The van der Waals surface area contributed by atoms with Crippen molar-refractivity contribution in [3.8, 4) is 11.1 Å². The van der Waals surface area contributed by atoms with Gasteiger partial charge in [-0.25, -0.2) is 13.5 Å². The zero-order chi connectivity index (χ0) is 30.8. The molecule has 0 amide bonds. The third-order valence-electron chi connectivity index (χ3n) is 6.86. The van der Waals surface area contributed by atoms with Gasteiger partial charge in [0.15, 0.2) is 0 Å². The van der Waals surface area contributed by atoms with Gasteiger partial charge in [0.25, 0.3) is 5.56 Å². The number of benzene rings is 2. The van der Waals surface area contributed by atoms with Crippen LogP contribution in [0.3, 0.4) is 0 Å². The smallest absolute Gasteiger partial charge is 0.321 e. The normalized spacial score (nSPS) is 14.8. The molecule has 1 fully saturated rings. The number of nitrogens with one attached hydrogen (secondary N) is 2. The predicted octanol–water partition coefficient (Wildman–Crippen LogP) is 5.80. The van der Waals surface area contributed by atoms with Crippen LogP contribution in [0, 0.1) is 18.6 Å². The van der Waals surface area contributed by atoms with Gasteiger partial charge in [-0.15, -0.1) is 0 Å². The summed E-state index contributed by atoms with van der Waals surface area (Å²) < 4.78 is 36.0. The number of hydrogen-bond acceptors (Lipinski definition) is 6. The van der Waals surface area contributed by atoms with Crippen molar-refractivity contribution in [1.82, 2.24) is 20.2 Å². The molecule has 1 unspecified atom stereocenters. The Bertz CT molecular complexity index is 1440. The van der Waals surface area contributed by atoms with Crippen molar-refractivity contribution in [2.45, 2.75) is 65.5 Å². The minimum Gasteiger partial charge on any atom is -0.465 e. The first-order valence-electron chi connectivity index (χ1n) is 13.9. The van der Waals surface area contributed by atoms with E-state index in [2.05, 4.69) is 10.9 Å². The largest absolute Gasteiger partial charge is 0.465 e. The predicted molar refractivity (Wildman–Crippen MR) is 160 cm³/mol. The van der Waals surface area contributed by atoms with Crippen LogP contribution in [0.25, 0.3) is 11.1 Å². The number of hydrogen-bond donors (Lipinski definition) is 2. The van der Waals surface area contributed by atoms with Crippen molar-refractivity contribution >= 4 is 35.0 Å². The van der Waals surface area contributed by atoms with E-state index in [0.29, 0.717) is 22.7 Å². The highest BCUT2D eigenvalue weighted by Gasteiger charge is 2.29. The first-order chi connectivity index (χ1) is 20.1. The quantitative estimate of drug-likeness (QED) is 0.275. The fourth-order valence-corrected chi connectivity index (χ4v) is 5.13. The van der Waals surface area contributed by atoms with Crippen LogP contribution < -0.4 is 16.4 Å². The Morgan fingerprint density at radius 1 is 0.929 bits per heavy atom. The summed E-state index contributed by atoms with van der Waals surface area (Å²) >= 11 is 11.4. The highest BCUT2D eigenvalue weighted by atomic mass is 35.5. The minimum absolute atomic E-state index is 0.0136. The third-order valence-corrected chi connectivity index (χ3v) is 7.33. The standard InChI is InChI=1S/C14H14ClFN2O.C12H12ClFO3.C4H10N2/c1-9-13(11-5-4-10(15)8-12(11)16)14(19)18-7-3-2-6-17(9)18;1-3-17-12(16)11(7(2)15)9-5-4-8(13)6-10(9)14;1-2-4-6-5-3-1/h4-5,8H,2-3,6-7H2,1H3;4-6,11H,3H2,1-2H3;5-6H,1-4H2. The Balaban J connectivity index is 0.000000194. The van der Waals surface area contributed by atoms with Crippen LogP contribution in [-0.2, 0) is 27.4 Å². The minimum atomic E-state index is -1.23. The Kier molecular flexibility index (Phi) is 12.7. The van der Waals surface area contributed by atoms with E-state index in [1.807, 2.05) is 11.6 Å². The van der Waals surface area contributed by atoms with Gasteiger partial charge >= 0.3 is 5.97 Å². The number of fused-ring (bicyclic) bond motifs is 1. The molecule has 3 aromatic rings. The summed E-state index contributed by atoms with van der Waals surface area (Å²) in [4.78, 5) is 35.4. The molecule has 1 aromatic heterocycles. The highest BCUT2D eigenvalue weighted by Crippen LogP contribution is 2.27. The lowest BCUT2D eigenvalue weighted by Crippen LogP contribution is -2.37. The van der Waals surface area contributed by atoms with E-state index < -0.39 is 29.3 Å². The van der Waals surface area contributed by atoms with Gasteiger partial charge in [-0.3, -0.25) is 29.9 Å². The van der Waals surface area contributed by atoms with Crippen molar-refractivity contribution in [3.05, 3.63) is 79.7 Å². The molecule has 8 nitrogen and oxygen atoms in total. The van der Waals surface area contributed by atoms with E-state index in [-0.39, 0.29) is 22.8 Å². The third kappa shape index (κ3) is 8.50. The molecule has 0 saturated carbocycles. The average molecular weight is 626 g/mol. The Morgan fingerprint density at radius 3 is 1.98 bits per heavy atom. The molecule has 1 saturated heterocycles. The zero-order valence-corrected chi connectivity index (χ0v) is 25.5. The van der Waals surface area contributed by atoms with E-state index in [1.54, 1.807) is 23.7 Å². The molecule has 42 heavy (non-hydrogen) atoms.